The van der Waals surface area contributed by atoms with Gasteiger partial charge in [-0.1, -0.05) is 0 Å². The number of thiazole rings is 1. The van der Waals surface area contributed by atoms with Gasteiger partial charge in [0.25, 0.3) is 5.91 Å². The van der Waals surface area contributed by atoms with Crippen molar-refractivity contribution in [1.29, 1.82) is 0 Å². The molecule has 0 aliphatic carbocycles. The van der Waals surface area contributed by atoms with Crippen LogP contribution in [0.4, 0.5) is 4.79 Å². The highest BCUT2D eigenvalue weighted by Gasteiger charge is 2.50. The predicted octanol–water partition coefficient (Wildman–Crippen LogP) is 0.0565. The van der Waals surface area contributed by atoms with E-state index in [0.29, 0.717) is 23.7 Å². The number of nitrogens with zero attached hydrogens (tertiary/aromatic N) is 4. The largest absolute Gasteiger partial charge is 0.331 e. The van der Waals surface area contributed by atoms with Crippen molar-refractivity contribution in [2.24, 2.45) is 0 Å². The second-order valence-corrected chi connectivity index (χ2v) is 9.36. The topological polar surface area (TPSA) is 90.9 Å². The van der Waals surface area contributed by atoms with E-state index in [2.05, 4.69) is 4.98 Å². The van der Waals surface area contributed by atoms with Gasteiger partial charge in [-0.15, -0.1) is 11.3 Å². The molecule has 0 saturated carbocycles. The van der Waals surface area contributed by atoms with Crippen LogP contribution < -0.4 is 0 Å². The van der Waals surface area contributed by atoms with Crippen molar-refractivity contribution in [1.82, 2.24) is 19.7 Å². The van der Waals surface area contributed by atoms with Gasteiger partial charge in [0, 0.05) is 27.2 Å². The lowest BCUT2D eigenvalue weighted by Gasteiger charge is -2.44. The predicted molar refractivity (Wildman–Crippen MR) is 89.9 cm³/mol. The molecule has 2 fully saturated rings. The molecule has 0 radical (unpaired) electrons. The maximum absolute atomic E-state index is 12.8. The standard InChI is InChI=1S/C14H20N4O4S2/c1-9-12(23-8-15-9)13(19)17-4-5-18(14(20)16(2)3)11-7-24(21,22)6-10(11)17/h8,10-11H,4-7H2,1-3H3. The third kappa shape index (κ3) is 2.88. The van der Waals surface area contributed by atoms with Crippen LogP contribution >= 0.6 is 11.3 Å². The Bertz CT molecular complexity index is 773. The van der Waals surface area contributed by atoms with Crippen molar-refractivity contribution in [3.63, 3.8) is 0 Å². The number of rotatable bonds is 1. The number of sulfone groups is 1. The maximum atomic E-state index is 12.8. The van der Waals surface area contributed by atoms with Gasteiger partial charge in [0.15, 0.2) is 9.84 Å². The molecule has 0 N–H and O–H groups in total. The normalized spacial score (nSPS) is 25.5. The number of aromatic nitrogens is 1. The van der Waals surface area contributed by atoms with Gasteiger partial charge in [0.2, 0.25) is 0 Å². The van der Waals surface area contributed by atoms with Gasteiger partial charge >= 0.3 is 6.03 Å². The number of carbonyl (C=O) groups excluding carboxylic acids is 2. The Labute approximate surface area is 145 Å². The Kier molecular flexibility index (Phi) is 4.28. The minimum absolute atomic E-state index is 0.0945. The summed E-state index contributed by atoms with van der Waals surface area (Å²) in [6, 6.07) is -1.21. The zero-order chi connectivity index (χ0) is 17.6. The molecule has 3 rings (SSSR count). The summed E-state index contributed by atoms with van der Waals surface area (Å²) in [5.74, 6) is -0.389. The molecule has 2 saturated heterocycles. The fourth-order valence-electron chi connectivity index (χ4n) is 3.34. The fourth-order valence-corrected chi connectivity index (χ4v) is 6.08. The third-order valence-electron chi connectivity index (χ3n) is 4.50. The van der Waals surface area contributed by atoms with Crippen molar-refractivity contribution in [2.45, 2.75) is 19.0 Å². The van der Waals surface area contributed by atoms with E-state index in [-0.39, 0.29) is 23.4 Å². The summed E-state index contributed by atoms with van der Waals surface area (Å²) < 4.78 is 24.3. The Balaban J connectivity index is 1.91. The SMILES string of the molecule is Cc1ncsc1C(=O)N1CCN(C(=O)N(C)C)C2CS(=O)(=O)CC21. The average molecular weight is 372 g/mol. The average Bonchev–Trinajstić information content (AvgIpc) is 3.06. The minimum Gasteiger partial charge on any atom is -0.331 e. The number of aryl methyl sites for hydroxylation is 1. The Morgan fingerprint density at radius 1 is 1.21 bits per heavy atom. The molecule has 24 heavy (non-hydrogen) atoms. The monoisotopic (exact) mass is 372 g/mol. The van der Waals surface area contributed by atoms with E-state index in [4.69, 9.17) is 0 Å². The number of hydrogen-bond donors (Lipinski definition) is 0. The van der Waals surface area contributed by atoms with E-state index in [1.165, 1.54) is 16.2 Å². The Morgan fingerprint density at radius 2 is 1.79 bits per heavy atom. The number of piperazine rings is 1. The third-order valence-corrected chi connectivity index (χ3v) is 7.12. The van der Waals surface area contributed by atoms with Crippen LogP contribution in [0.1, 0.15) is 15.4 Å². The highest BCUT2D eigenvalue weighted by atomic mass is 32.2. The van der Waals surface area contributed by atoms with Gasteiger partial charge in [-0.2, -0.15) is 0 Å². The Hall–Kier alpha value is -1.68. The molecule has 132 valence electrons. The fraction of sp³-hybridized carbons (Fsp3) is 0.643. The van der Waals surface area contributed by atoms with E-state index in [1.54, 1.807) is 36.3 Å². The van der Waals surface area contributed by atoms with Crippen molar-refractivity contribution in [3.8, 4) is 0 Å². The van der Waals surface area contributed by atoms with Gasteiger partial charge < -0.3 is 14.7 Å². The number of fused-ring (bicyclic) bond motifs is 1. The first-order valence-corrected chi connectivity index (χ1v) is 10.3. The second kappa shape index (κ2) is 5.99. The van der Waals surface area contributed by atoms with Crippen LogP contribution in [-0.4, -0.2) is 90.8 Å². The van der Waals surface area contributed by atoms with Crippen LogP contribution in [0.5, 0.6) is 0 Å². The molecular formula is C14H20N4O4S2. The molecular weight excluding hydrogens is 352 g/mol. The van der Waals surface area contributed by atoms with Crippen LogP contribution in [0.3, 0.4) is 0 Å². The van der Waals surface area contributed by atoms with E-state index in [1.807, 2.05) is 0 Å². The molecule has 0 bridgehead atoms. The van der Waals surface area contributed by atoms with Gasteiger partial charge in [-0.3, -0.25) is 4.79 Å². The van der Waals surface area contributed by atoms with Gasteiger partial charge in [-0.25, -0.2) is 18.2 Å². The molecule has 0 aromatic carbocycles. The zero-order valence-corrected chi connectivity index (χ0v) is 15.4. The van der Waals surface area contributed by atoms with Crippen LogP contribution in [0, 0.1) is 6.92 Å². The van der Waals surface area contributed by atoms with Crippen LogP contribution in [-0.2, 0) is 9.84 Å². The van der Waals surface area contributed by atoms with E-state index in [0.717, 1.165) is 0 Å². The minimum atomic E-state index is -3.28. The second-order valence-electron chi connectivity index (χ2n) is 6.35. The van der Waals surface area contributed by atoms with Crippen molar-refractivity contribution in [2.75, 3.05) is 38.7 Å². The van der Waals surface area contributed by atoms with E-state index < -0.39 is 21.9 Å². The first-order chi connectivity index (χ1) is 11.2. The summed E-state index contributed by atoms with van der Waals surface area (Å²) in [6.07, 6.45) is 0. The first kappa shape index (κ1) is 17.2. The molecule has 2 aliphatic rings. The lowest BCUT2D eigenvalue weighted by atomic mass is 10.0. The van der Waals surface area contributed by atoms with Crippen LogP contribution in [0.2, 0.25) is 0 Å². The van der Waals surface area contributed by atoms with Gasteiger partial charge in [0.1, 0.15) is 4.88 Å². The molecule has 10 heteroatoms. The first-order valence-electron chi connectivity index (χ1n) is 7.60. The summed E-state index contributed by atoms with van der Waals surface area (Å²) in [5.41, 5.74) is 2.26. The van der Waals surface area contributed by atoms with Crippen LogP contribution in [0.15, 0.2) is 5.51 Å². The lowest BCUT2D eigenvalue weighted by molar-refractivity contribution is 0.0396. The Morgan fingerprint density at radius 3 is 2.33 bits per heavy atom. The molecule has 3 amide bonds. The summed E-state index contributed by atoms with van der Waals surface area (Å²) in [4.78, 5) is 34.4. The molecule has 2 aliphatic heterocycles. The summed E-state index contributed by atoms with van der Waals surface area (Å²) in [7, 11) is -0.00908. The molecule has 1 aromatic heterocycles. The number of amides is 3. The van der Waals surface area contributed by atoms with Gasteiger partial charge in [0.05, 0.1) is 34.8 Å². The molecule has 3 heterocycles. The number of urea groups is 1. The maximum Gasteiger partial charge on any atom is 0.319 e. The molecule has 2 atom stereocenters. The van der Waals surface area contributed by atoms with Crippen molar-refractivity contribution >= 4 is 33.1 Å². The highest BCUT2D eigenvalue weighted by molar-refractivity contribution is 7.91. The summed E-state index contributed by atoms with van der Waals surface area (Å²) in [6.45, 7) is 2.42. The highest BCUT2D eigenvalue weighted by Crippen LogP contribution is 2.29. The smallest absolute Gasteiger partial charge is 0.319 e. The molecule has 1 aromatic rings. The zero-order valence-electron chi connectivity index (χ0n) is 13.8. The number of hydrogen-bond acceptors (Lipinski definition) is 6. The van der Waals surface area contributed by atoms with Crippen molar-refractivity contribution < 1.29 is 18.0 Å². The van der Waals surface area contributed by atoms with E-state index in [9.17, 15) is 18.0 Å². The van der Waals surface area contributed by atoms with E-state index >= 15 is 0 Å². The molecule has 0 spiro atoms. The van der Waals surface area contributed by atoms with Crippen molar-refractivity contribution in [3.05, 3.63) is 16.1 Å². The lowest BCUT2D eigenvalue weighted by Crippen LogP contribution is -2.63. The number of carbonyl (C=O) groups is 2. The molecule has 8 nitrogen and oxygen atoms in total. The molecule has 2 unspecified atom stereocenters. The van der Waals surface area contributed by atoms with Crippen LogP contribution in [0.25, 0.3) is 0 Å². The summed E-state index contributed by atoms with van der Waals surface area (Å²) >= 11 is 1.26. The summed E-state index contributed by atoms with van der Waals surface area (Å²) in [5, 5.41) is 0. The quantitative estimate of drug-likeness (QED) is 0.695. The van der Waals surface area contributed by atoms with Gasteiger partial charge in [-0.05, 0) is 6.92 Å².